The summed E-state index contributed by atoms with van der Waals surface area (Å²) in [6, 6.07) is 9.04. The molecule has 2 aromatic rings. The van der Waals surface area contributed by atoms with Crippen LogP contribution in [-0.4, -0.2) is 34.0 Å². The standard InChI is InChI=1S/C21H23N5O6S2.Na/c1-5-26(12-11-22-4)16-7-9-18(19(13-16)23-15(3)27)24-25-20-14-17(34(29,30)6-2)8-10-21(20)33-32-31-28;/h6-10,13-14,28H,2,5,11-12H2,1,3H3,(H,23,27);/q;+1/p-1. The van der Waals surface area contributed by atoms with Gasteiger partial charge < -0.3 is 20.3 Å². The minimum absolute atomic E-state index is 0. The molecule has 0 aliphatic heterocycles. The second-order valence-electron chi connectivity index (χ2n) is 6.60. The van der Waals surface area contributed by atoms with Crippen LogP contribution < -0.4 is 45.0 Å². The zero-order valence-electron chi connectivity index (χ0n) is 19.4. The summed E-state index contributed by atoms with van der Waals surface area (Å²) >= 11 is 0.531. The Labute approximate surface area is 230 Å². The normalized spacial score (nSPS) is 10.9. The van der Waals surface area contributed by atoms with Gasteiger partial charge in [-0.05, 0) is 43.3 Å². The van der Waals surface area contributed by atoms with E-state index in [0.717, 1.165) is 11.1 Å². The number of azo groups is 1. The van der Waals surface area contributed by atoms with E-state index in [0.29, 0.717) is 43.1 Å². The topological polar surface area (TPSA) is 137 Å². The maximum absolute atomic E-state index is 12.2. The van der Waals surface area contributed by atoms with Crippen LogP contribution in [-0.2, 0) is 24.0 Å². The summed E-state index contributed by atoms with van der Waals surface area (Å²) in [7, 11) is -3.76. The Balaban J connectivity index is 0.00000612. The molecular formula is C21H22N5NaO6S2. The van der Waals surface area contributed by atoms with Crippen LogP contribution in [0.15, 0.2) is 68.4 Å². The molecule has 2 rings (SSSR count). The van der Waals surface area contributed by atoms with E-state index in [1.54, 1.807) is 18.2 Å². The number of amides is 1. The summed E-state index contributed by atoms with van der Waals surface area (Å²) < 4.78 is 28.7. The number of benzene rings is 2. The van der Waals surface area contributed by atoms with Crippen LogP contribution in [0.25, 0.3) is 4.85 Å². The van der Waals surface area contributed by atoms with Crippen molar-refractivity contribution < 1.29 is 57.4 Å². The maximum atomic E-state index is 12.2. The first-order valence-electron chi connectivity index (χ1n) is 9.82. The number of carbonyl (C=O) groups is 1. The van der Waals surface area contributed by atoms with Gasteiger partial charge in [0.05, 0.1) is 34.1 Å². The summed E-state index contributed by atoms with van der Waals surface area (Å²) in [4.78, 5) is 17.3. The van der Waals surface area contributed by atoms with Crippen LogP contribution in [0.3, 0.4) is 0 Å². The number of rotatable bonds is 12. The molecular weight excluding hydrogens is 505 g/mol. The number of anilines is 2. The molecule has 0 radical (unpaired) electrons. The fourth-order valence-electron chi connectivity index (χ4n) is 2.82. The van der Waals surface area contributed by atoms with Crippen LogP contribution in [0, 0.1) is 6.57 Å². The predicted octanol–water partition coefficient (Wildman–Crippen LogP) is 0.958. The van der Waals surface area contributed by atoms with Gasteiger partial charge in [-0.2, -0.15) is 4.33 Å². The zero-order valence-corrected chi connectivity index (χ0v) is 23.1. The van der Waals surface area contributed by atoms with Gasteiger partial charge in [0.2, 0.25) is 12.5 Å². The number of sulfone groups is 1. The summed E-state index contributed by atoms with van der Waals surface area (Å²) in [6.45, 7) is 15.1. The molecule has 35 heavy (non-hydrogen) atoms. The number of nitrogens with one attached hydrogen (secondary N) is 1. The van der Waals surface area contributed by atoms with Gasteiger partial charge in [0.1, 0.15) is 11.4 Å². The van der Waals surface area contributed by atoms with Crippen LogP contribution >= 0.6 is 12.0 Å². The van der Waals surface area contributed by atoms with Crippen molar-refractivity contribution in [3.8, 4) is 0 Å². The summed E-state index contributed by atoms with van der Waals surface area (Å²) in [5.74, 6) is -0.325. The number of hydrogen-bond acceptors (Lipinski definition) is 10. The maximum Gasteiger partial charge on any atom is 1.00 e. The van der Waals surface area contributed by atoms with E-state index in [9.17, 15) is 18.5 Å². The van der Waals surface area contributed by atoms with Gasteiger partial charge >= 0.3 is 29.6 Å². The first-order valence-corrected chi connectivity index (χ1v) is 12.1. The molecule has 11 nitrogen and oxygen atoms in total. The Kier molecular flexibility index (Phi) is 13.2. The molecule has 0 saturated heterocycles. The molecule has 14 heteroatoms. The van der Waals surface area contributed by atoms with Crippen molar-refractivity contribution in [3.63, 3.8) is 0 Å². The van der Waals surface area contributed by atoms with Gasteiger partial charge in [-0.1, -0.05) is 6.58 Å². The van der Waals surface area contributed by atoms with Gasteiger partial charge in [-0.3, -0.25) is 9.83 Å². The molecule has 0 spiro atoms. The molecule has 180 valence electrons. The first kappa shape index (κ1) is 30.8. The fraction of sp³-hybridized carbons (Fsp3) is 0.238. The number of carbonyl (C=O) groups excluding carboxylic acids is 1. The zero-order chi connectivity index (χ0) is 25.1. The molecule has 2 aromatic carbocycles. The molecule has 0 unspecified atom stereocenters. The second-order valence-corrected chi connectivity index (χ2v) is 9.24. The summed E-state index contributed by atoms with van der Waals surface area (Å²) in [6.07, 6.45) is 0. The third-order valence-corrected chi connectivity index (χ3v) is 6.41. The average molecular weight is 528 g/mol. The Hall–Kier alpha value is -2.28. The van der Waals surface area contributed by atoms with Crippen molar-refractivity contribution in [2.24, 2.45) is 10.2 Å². The molecule has 0 fully saturated rings. The van der Waals surface area contributed by atoms with Crippen molar-refractivity contribution >= 4 is 50.5 Å². The quantitative estimate of drug-likeness (QED) is 0.108. The fourth-order valence-corrected chi connectivity index (χ4v) is 3.95. The molecule has 0 heterocycles. The second kappa shape index (κ2) is 15.0. The number of likely N-dealkylation sites (N-methyl/N-ethyl adjacent to an activating group) is 1. The van der Waals surface area contributed by atoms with Crippen LogP contribution in [0.4, 0.5) is 22.7 Å². The molecule has 0 atom stereocenters. The molecule has 1 N–H and O–H groups in total. The smallest absolute Gasteiger partial charge is 0.691 e. The molecule has 0 saturated carbocycles. The van der Waals surface area contributed by atoms with Gasteiger partial charge in [0, 0.05) is 24.6 Å². The van der Waals surface area contributed by atoms with E-state index < -0.39 is 9.84 Å². The first-order chi connectivity index (χ1) is 16.2. The van der Waals surface area contributed by atoms with Gasteiger partial charge in [-0.25, -0.2) is 15.0 Å². The SMILES string of the molecule is [C-]#[N+]CCN(CC)c1ccc(N=Nc2cc(S(=O)(=O)C=C)ccc2SOO[O-])c(NC(C)=O)c1.[Na+]. The van der Waals surface area contributed by atoms with Crippen molar-refractivity contribution in [2.75, 3.05) is 29.9 Å². The van der Waals surface area contributed by atoms with Crippen molar-refractivity contribution in [1.29, 1.82) is 0 Å². The van der Waals surface area contributed by atoms with E-state index in [2.05, 4.69) is 36.3 Å². The van der Waals surface area contributed by atoms with Crippen molar-refractivity contribution in [3.05, 3.63) is 59.8 Å². The Morgan fingerprint density at radius 2 is 2.00 bits per heavy atom. The van der Waals surface area contributed by atoms with Crippen LogP contribution in [0.1, 0.15) is 13.8 Å². The Bertz CT molecular complexity index is 1220. The van der Waals surface area contributed by atoms with E-state index >= 15 is 0 Å². The van der Waals surface area contributed by atoms with Crippen LogP contribution in [0.5, 0.6) is 0 Å². The van der Waals surface area contributed by atoms with Crippen molar-refractivity contribution in [2.45, 2.75) is 23.6 Å². The van der Waals surface area contributed by atoms with E-state index in [-0.39, 0.29) is 50.9 Å². The Morgan fingerprint density at radius 1 is 1.29 bits per heavy atom. The third kappa shape index (κ3) is 9.02. The summed E-state index contributed by atoms with van der Waals surface area (Å²) in [5.41, 5.74) is 1.53. The molecule has 0 aliphatic rings. The van der Waals surface area contributed by atoms with Gasteiger partial charge in [0.15, 0.2) is 9.84 Å². The monoisotopic (exact) mass is 527 g/mol. The molecule has 0 bridgehead atoms. The third-order valence-electron chi connectivity index (χ3n) is 4.41. The predicted molar refractivity (Wildman–Crippen MR) is 126 cm³/mol. The van der Waals surface area contributed by atoms with Crippen LogP contribution in [0.2, 0.25) is 0 Å². The van der Waals surface area contributed by atoms with E-state index in [1.165, 1.54) is 25.1 Å². The molecule has 0 aliphatic carbocycles. The van der Waals surface area contributed by atoms with Gasteiger partial charge in [0.25, 0.3) is 0 Å². The minimum Gasteiger partial charge on any atom is -0.691 e. The van der Waals surface area contributed by atoms with E-state index in [4.69, 9.17) is 6.57 Å². The number of hydrogen-bond donors (Lipinski definition) is 1. The Morgan fingerprint density at radius 3 is 2.60 bits per heavy atom. The van der Waals surface area contributed by atoms with E-state index in [1.807, 2.05) is 11.8 Å². The largest absolute Gasteiger partial charge is 1.00 e. The average Bonchev–Trinajstić information content (AvgIpc) is 2.82. The molecule has 0 aromatic heterocycles. The molecule has 1 amide bonds. The number of nitrogens with zero attached hydrogens (tertiary/aromatic N) is 4. The summed E-state index contributed by atoms with van der Waals surface area (Å²) in [5, 5.41) is 25.4. The van der Waals surface area contributed by atoms with Crippen molar-refractivity contribution in [1.82, 2.24) is 0 Å². The minimum atomic E-state index is -3.76. The van der Waals surface area contributed by atoms with Gasteiger partial charge in [-0.15, -0.1) is 10.2 Å².